The summed E-state index contributed by atoms with van der Waals surface area (Å²) in [7, 11) is 0. The smallest absolute Gasteiger partial charge is 0.315 e. The number of carboxylic acid groups (broad SMARTS) is 1. The number of benzene rings is 2. The van der Waals surface area contributed by atoms with E-state index in [0.29, 0.717) is 11.1 Å². The van der Waals surface area contributed by atoms with Gasteiger partial charge in [0, 0.05) is 24.3 Å². The predicted octanol–water partition coefficient (Wildman–Crippen LogP) is 2.72. The number of rotatable bonds is 5. The molecule has 0 heterocycles. The molecule has 0 aliphatic carbocycles. The Labute approximate surface area is 123 Å². The van der Waals surface area contributed by atoms with Gasteiger partial charge in [0.15, 0.2) is 0 Å². The molecular weight excluding hydrogens is 292 g/mol. The fourth-order valence-corrected chi connectivity index (χ4v) is 2.05. The van der Waals surface area contributed by atoms with Crippen molar-refractivity contribution in [3.8, 4) is 0 Å². The first-order valence-corrected chi connectivity index (χ1v) is 6.11. The summed E-state index contributed by atoms with van der Waals surface area (Å²) in [4.78, 5) is 31.5. The molecule has 0 aromatic heterocycles. The predicted molar refractivity (Wildman–Crippen MR) is 75.7 cm³/mol. The number of nitro benzene ring substituents is 2. The fourth-order valence-electron chi connectivity index (χ4n) is 2.05. The van der Waals surface area contributed by atoms with E-state index >= 15 is 0 Å². The normalized spacial score (nSPS) is 10.4. The maximum atomic E-state index is 11.5. The van der Waals surface area contributed by atoms with Gasteiger partial charge < -0.3 is 5.11 Å². The Morgan fingerprint density at radius 1 is 0.818 bits per heavy atom. The molecule has 112 valence electrons. The van der Waals surface area contributed by atoms with E-state index in [1.165, 1.54) is 48.5 Å². The molecule has 0 saturated heterocycles. The van der Waals surface area contributed by atoms with Gasteiger partial charge in [-0.1, -0.05) is 24.3 Å². The van der Waals surface area contributed by atoms with E-state index in [4.69, 9.17) is 0 Å². The summed E-state index contributed by atoms with van der Waals surface area (Å²) in [6, 6.07) is 10.3. The highest BCUT2D eigenvalue weighted by atomic mass is 16.6. The van der Waals surface area contributed by atoms with Crippen molar-refractivity contribution < 1.29 is 19.7 Å². The van der Waals surface area contributed by atoms with Crippen LogP contribution in [0.5, 0.6) is 0 Å². The number of hydrogen-bond donors (Lipinski definition) is 1. The van der Waals surface area contributed by atoms with Crippen LogP contribution in [0, 0.1) is 20.2 Å². The molecule has 0 spiro atoms. The van der Waals surface area contributed by atoms with Crippen LogP contribution < -0.4 is 0 Å². The van der Waals surface area contributed by atoms with Crippen LogP contribution in [0.1, 0.15) is 17.0 Å². The Hall–Kier alpha value is -3.29. The van der Waals surface area contributed by atoms with Gasteiger partial charge in [0.1, 0.15) is 5.92 Å². The third-order valence-electron chi connectivity index (χ3n) is 3.12. The number of non-ortho nitro benzene ring substituents is 2. The summed E-state index contributed by atoms with van der Waals surface area (Å²) in [5, 5.41) is 30.6. The van der Waals surface area contributed by atoms with Gasteiger partial charge in [-0.15, -0.1) is 0 Å². The molecule has 0 aliphatic heterocycles. The third kappa shape index (κ3) is 3.06. The van der Waals surface area contributed by atoms with E-state index in [1.807, 2.05) is 0 Å². The molecule has 2 aromatic carbocycles. The first kappa shape index (κ1) is 15.1. The molecule has 8 heteroatoms. The van der Waals surface area contributed by atoms with Crippen molar-refractivity contribution in [2.45, 2.75) is 5.92 Å². The second kappa shape index (κ2) is 6.00. The summed E-state index contributed by atoms with van der Waals surface area (Å²) in [6.45, 7) is 0. The number of nitro groups is 2. The Morgan fingerprint density at radius 3 is 1.36 bits per heavy atom. The Morgan fingerprint density at radius 2 is 1.14 bits per heavy atom. The third-order valence-corrected chi connectivity index (χ3v) is 3.12. The minimum Gasteiger partial charge on any atom is -0.481 e. The molecule has 0 atom stereocenters. The topological polar surface area (TPSA) is 124 Å². The summed E-state index contributed by atoms with van der Waals surface area (Å²) in [6.07, 6.45) is 0. The molecule has 0 amide bonds. The highest BCUT2D eigenvalue weighted by Crippen LogP contribution is 2.28. The number of aliphatic carboxylic acids is 1. The summed E-state index contributed by atoms with van der Waals surface area (Å²) >= 11 is 0. The molecule has 0 radical (unpaired) electrons. The molecular formula is C14H10N2O6. The van der Waals surface area contributed by atoms with Crippen molar-refractivity contribution in [3.05, 3.63) is 79.9 Å². The SMILES string of the molecule is O=C(O)C(c1ccc([N+](=O)[O-])cc1)c1ccc([N+](=O)[O-])cc1. The van der Waals surface area contributed by atoms with Crippen molar-refractivity contribution in [1.82, 2.24) is 0 Å². The van der Waals surface area contributed by atoms with Crippen LogP contribution in [0.15, 0.2) is 48.5 Å². The molecule has 0 unspecified atom stereocenters. The van der Waals surface area contributed by atoms with Crippen LogP contribution in [0.4, 0.5) is 11.4 Å². The lowest BCUT2D eigenvalue weighted by Gasteiger charge is -2.13. The lowest BCUT2D eigenvalue weighted by molar-refractivity contribution is -0.385. The molecule has 2 rings (SSSR count). The van der Waals surface area contributed by atoms with Crippen molar-refractivity contribution >= 4 is 17.3 Å². The first-order chi connectivity index (χ1) is 10.4. The minimum atomic E-state index is -1.15. The van der Waals surface area contributed by atoms with Gasteiger partial charge >= 0.3 is 5.97 Å². The maximum absolute atomic E-state index is 11.5. The zero-order valence-electron chi connectivity index (χ0n) is 11.1. The van der Waals surface area contributed by atoms with Gasteiger partial charge in [-0.3, -0.25) is 25.0 Å². The Balaban J connectivity index is 2.39. The second-order valence-electron chi connectivity index (χ2n) is 4.47. The average Bonchev–Trinajstić information content (AvgIpc) is 2.48. The Bertz CT molecular complexity index is 667. The number of nitrogens with zero attached hydrogens (tertiary/aromatic N) is 2. The van der Waals surface area contributed by atoms with Gasteiger partial charge in [0.2, 0.25) is 0 Å². The molecule has 22 heavy (non-hydrogen) atoms. The van der Waals surface area contributed by atoms with E-state index < -0.39 is 21.7 Å². The second-order valence-corrected chi connectivity index (χ2v) is 4.47. The van der Waals surface area contributed by atoms with Crippen molar-refractivity contribution in [2.75, 3.05) is 0 Å². The van der Waals surface area contributed by atoms with Crippen LogP contribution in [-0.2, 0) is 4.79 Å². The van der Waals surface area contributed by atoms with Gasteiger partial charge in [-0.2, -0.15) is 0 Å². The Kier molecular flexibility index (Phi) is 4.12. The highest BCUT2D eigenvalue weighted by Gasteiger charge is 2.23. The molecule has 1 N–H and O–H groups in total. The summed E-state index contributed by atoms with van der Waals surface area (Å²) < 4.78 is 0. The maximum Gasteiger partial charge on any atom is 0.315 e. The van der Waals surface area contributed by atoms with Crippen LogP contribution in [0.2, 0.25) is 0 Å². The van der Waals surface area contributed by atoms with Crippen LogP contribution in [-0.4, -0.2) is 20.9 Å². The van der Waals surface area contributed by atoms with Crippen LogP contribution in [0.25, 0.3) is 0 Å². The standard InChI is InChI=1S/C14H10N2O6/c17-14(18)13(9-1-5-11(6-2-9)15(19)20)10-3-7-12(8-4-10)16(21)22/h1-8,13H,(H,17,18). The number of hydrogen-bond acceptors (Lipinski definition) is 5. The first-order valence-electron chi connectivity index (χ1n) is 6.11. The highest BCUT2D eigenvalue weighted by molar-refractivity contribution is 5.80. The van der Waals surface area contributed by atoms with Crippen molar-refractivity contribution in [1.29, 1.82) is 0 Å². The lowest BCUT2D eigenvalue weighted by atomic mass is 9.91. The fraction of sp³-hybridized carbons (Fsp3) is 0.0714. The van der Waals surface area contributed by atoms with E-state index in [1.54, 1.807) is 0 Å². The zero-order chi connectivity index (χ0) is 16.3. The van der Waals surface area contributed by atoms with Gasteiger partial charge in [-0.05, 0) is 11.1 Å². The van der Waals surface area contributed by atoms with E-state index in [-0.39, 0.29) is 11.4 Å². The lowest BCUT2D eigenvalue weighted by Crippen LogP contribution is -2.13. The van der Waals surface area contributed by atoms with Crippen LogP contribution in [0.3, 0.4) is 0 Å². The quantitative estimate of drug-likeness (QED) is 0.669. The molecule has 0 bridgehead atoms. The molecule has 0 saturated carbocycles. The summed E-state index contributed by atoms with van der Waals surface area (Å²) in [5.41, 5.74) is 0.423. The monoisotopic (exact) mass is 302 g/mol. The van der Waals surface area contributed by atoms with Crippen molar-refractivity contribution in [3.63, 3.8) is 0 Å². The van der Waals surface area contributed by atoms with Gasteiger partial charge in [-0.25, -0.2) is 0 Å². The number of carbonyl (C=O) groups is 1. The molecule has 0 fully saturated rings. The molecule has 2 aromatic rings. The largest absolute Gasteiger partial charge is 0.481 e. The summed E-state index contributed by atoms with van der Waals surface area (Å²) in [5.74, 6) is -2.20. The number of carboxylic acids is 1. The van der Waals surface area contributed by atoms with Gasteiger partial charge in [0.25, 0.3) is 11.4 Å². The van der Waals surface area contributed by atoms with Crippen LogP contribution >= 0.6 is 0 Å². The van der Waals surface area contributed by atoms with Gasteiger partial charge in [0.05, 0.1) is 9.85 Å². The molecule has 0 aliphatic rings. The molecule has 8 nitrogen and oxygen atoms in total. The van der Waals surface area contributed by atoms with E-state index in [9.17, 15) is 30.1 Å². The van der Waals surface area contributed by atoms with E-state index in [0.717, 1.165) is 0 Å². The average molecular weight is 302 g/mol. The minimum absolute atomic E-state index is 0.142. The van der Waals surface area contributed by atoms with Crippen molar-refractivity contribution in [2.24, 2.45) is 0 Å². The zero-order valence-corrected chi connectivity index (χ0v) is 11.1. The van der Waals surface area contributed by atoms with E-state index in [2.05, 4.69) is 0 Å².